The topological polar surface area (TPSA) is 63.3 Å². The number of aliphatic carboxylic acids is 1. The number of carboxylic acids is 1. The van der Waals surface area contributed by atoms with Crippen molar-refractivity contribution in [2.24, 2.45) is 5.73 Å². The van der Waals surface area contributed by atoms with Crippen LogP contribution in [0.15, 0.2) is 0 Å². The Morgan fingerprint density at radius 1 is 1.00 bits per heavy atom. The van der Waals surface area contributed by atoms with Crippen LogP contribution in [0.3, 0.4) is 0 Å². The Hall–Kier alpha value is -0.570. The highest BCUT2D eigenvalue weighted by atomic mass is 16.4. The van der Waals surface area contributed by atoms with Crippen LogP contribution in [0.5, 0.6) is 0 Å². The predicted molar refractivity (Wildman–Crippen MR) is 67.5 cm³/mol. The van der Waals surface area contributed by atoms with Gasteiger partial charge in [-0.1, -0.05) is 58.8 Å². The Morgan fingerprint density at radius 3 is 2.06 bits per heavy atom. The first-order chi connectivity index (χ1) is 7.56. The molecule has 16 heavy (non-hydrogen) atoms. The van der Waals surface area contributed by atoms with E-state index in [1.54, 1.807) is 0 Å². The van der Waals surface area contributed by atoms with E-state index in [0.29, 0.717) is 12.8 Å². The molecule has 0 aliphatic heterocycles. The molecule has 0 aromatic carbocycles. The van der Waals surface area contributed by atoms with E-state index in [9.17, 15) is 4.79 Å². The zero-order valence-corrected chi connectivity index (χ0v) is 10.8. The summed E-state index contributed by atoms with van der Waals surface area (Å²) in [6.45, 7) is 4.17. The molecule has 0 amide bonds. The van der Waals surface area contributed by atoms with E-state index in [0.717, 1.165) is 19.3 Å². The number of carboxylic acid groups (broad SMARTS) is 1. The molecule has 0 radical (unpaired) electrons. The van der Waals surface area contributed by atoms with Gasteiger partial charge in [-0.2, -0.15) is 0 Å². The molecule has 1 unspecified atom stereocenters. The van der Waals surface area contributed by atoms with Gasteiger partial charge in [0.15, 0.2) is 0 Å². The lowest BCUT2D eigenvalue weighted by Crippen LogP contribution is -2.47. The van der Waals surface area contributed by atoms with E-state index in [2.05, 4.69) is 6.92 Å². The van der Waals surface area contributed by atoms with E-state index in [1.165, 1.54) is 25.7 Å². The number of unbranched alkanes of at least 4 members (excludes halogenated alkanes) is 5. The fourth-order valence-corrected chi connectivity index (χ4v) is 2.01. The van der Waals surface area contributed by atoms with Crippen molar-refractivity contribution >= 4 is 5.97 Å². The highest BCUT2D eigenvalue weighted by Gasteiger charge is 2.31. The SMILES string of the molecule is CCCCCCCCC(N)(CCC)C(=O)O. The van der Waals surface area contributed by atoms with Crippen LogP contribution < -0.4 is 5.73 Å². The van der Waals surface area contributed by atoms with E-state index in [1.807, 2.05) is 6.92 Å². The Balaban J connectivity index is 3.73. The third kappa shape index (κ3) is 6.11. The van der Waals surface area contributed by atoms with Crippen molar-refractivity contribution < 1.29 is 9.90 Å². The number of hydrogen-bond donors (Lipinski definition) is 2. The van der Waals surface area contributed by atoms with Crippen molar-refractivity contribution in [3.05, 3.63) is 0 Å². The zero-order chi connectivity index (χ0) is 12.4. The quantitative estimate of drug-likeness (QED) is 0.565. The first kappa shape index (κ1) is 15.4. The number of hydrogen-bond acceptors (Lipinski definition) is 2. The Morgan fingerprint density at radius 2 is 1.56 bits per heavy atom. The number of rotatable bonds is 10. The first-order valence-electron chi connectivity index (χ1n) is 6.59. The van der Waals surface area contributed by atoms with Crippen LogP contribution in [-0.2, 0) is 4.79 Å². The summed E-state index contributed by atoms with van der Waals surface area (Å²) in [5.41, 5.74) is 4.91. The minimum absolute atomic E-state index is 0.581. The summed E-state index contributed by atoms with van der Waals surface area (Å²) in [6, 6.07) is 0. The van der Waals surface area contributed by atoms with Gasteiger partial charge in [-0.25, -0.2) is 0 Å². The molecule has 0 fully saturated rings. The summed E-state index contributed by atoms with van der Waals surface area (Å²) >= 11 is 0. The van der Waals surface area contributed by atoms with E-state index in [4.69, 9.17) is 10.8 Å². The lowest BCUT2D eigenvalue weighted by molar-refractivity contribution is -0.144. The van der Waals surface area contributed by atoms with Crippen molar-refractivity contribution in [2.75, 3.05) is 0 Å². The van der Waals surface area contributed by atoms with Crippen LogP contribution in [0.1, 0.15) is 71.6 Å². The Bertz CT molecular complexity index is 194. The highest BCUT2D eigenvalue weighted by Crippen LogP contribution is 2.19. The van der Waals surface area contributed by atoms with Crippen LogP contribution in [-0.4, -0.2) is 16.6 Å². The minimum atomic E-state index is -0.987. The van der Waals surface area contributed by atoms with E-state index in [-0.39, 0.29) is 0 Å². The summed E-state index contributed by atoms with van der Waals surface area (Å²) in [6.07, 6.45) is 9.05. The van der Waals surface area contributed by atoms with Gasteiger partial charge in [-0.05, 0) is 12.8 Å². The van der Waals surface area contributed by atoms with Crippen LogP contribution in [0.4, 0.5) is 0 Å². The maximum atomic E-state index is 11.1. The molecule has 0 spiro atoms. The van der Waals surface area contributed by atoms with Gasteiger partial charge in [0.1, 0.15) is 5.54 Å². The standard InChI is InChI=1S/C13H27NO2/c1-3-5-6-7-8-9-11-13(14,10-4-2)12(15)16/h3-11,14H2,1-2H3,(H,15,16). The average molecular weight is 229 g/mol. The smallest absolute Gasteiger partial charge is 0.323 e. The third-order valence-corrected chi connectivity index (χ3v) is 3.10. The molecule has 0 aromatic rings. The molecule has 3 N–H and O–H groups in total. The lowest BCUT2D eigenvalue weighted by Gasteiger charge is -2.23. The molecule has 1 atom stereocenters. The lowest BCUT2D eigenvalue weighted by atomic mass is 9.88. The molecule has 0 saturated heterocycles. The number of nitrogens with two attached hydrogens (primary N) is 1. The third-order valence-electron chi connectivity index (χ3n) is 3.10. The molecule has 0 aromatic heterocycles. The van der Waals surface area contributed by atoms with Crippen molar-refractivity contribution in [2.45, 2.75) is 77.2 Å². The van der Waals surface area contributed by atoms with E-state index < -0.39 is 11.5 Å². The fraction of sp³-hybridized carbons (Fsp3) is 0.923. The minimum Gasteiger partial charge on any atom is -0.480 e. The van der Waals surface area contributed by atoms with Crippen molar-refractivity contribution in [3.8, 4) is 0 Å². The molecule has 0 rings (SSSR count). The van der Waals surface area contributed by atoms with Crippen LogP contribution in [0.25, 0.3) is 0 Å². The molecule has 0 aliphatic carbocycles. The summed E-state index contributed by atoms with van der Waals surface area (Å²) in [5, 5.41) is 9.08. The van der Waals surface area contributed by atoms with Gasteiger partial charge in [0.2, 0.25) is 0 Å². The Kier molecular flexibility index (Phi) is 8.26. The second kappa shape index (κ2) is 8.57. The molecular weight excluding hydrogens is 202 g/mol. The highest BCUT2D eigenvalue weighted by molar-refractivity contribution is 5.78. The molecule has 3 nitrogen and oxygen atoms in total. The van der Waals surface area contributed by atoms with Gasteiger partial charge in [-0.3, -0.25) is 4.79 Å². The van der Waals surface area contributed by atoms with Crippen molar-refractivity contribution in [1.82, 2.24) is 0 Å². The largest absolute Gasteiger partial charge is 0.480 e. The molecule has 0 saturated carbocycles. The predicted octanol–water partition coefficient (Wildman–Crippen LogP) is 3.32. The van der Waals surface area contributed by atoms with E-state index >= 15 is 0 Å². The van der Waals surface area contributed by atoms with Gasteiger partial charge < -0.3 is 10.8 Å². The summed E-state index contributed by atoms with van der Waals surface area (Å²) < 4.78 is 0. The molecule has 3 heteroatoms. The second-order valence-electron chi connectivity index (χ2n) is 4.73. The number of carbonyl (C=O) groups is 1. The first-order valence-corrected chi connectivity index (χ1v) is 6.59. The molecule has 0 aliphatic rings. The van der Waals surface area contributed by atoms with Gasteiger partial charge in [0.25, 0.3) is 0 Å². The van der Waals surface area contributed by atoms with Gasteiger partial charge >= 0.3 is 5.97 Å². The Labute approximate surface area is 99.4 Å². The van der Waals surface area contributed by atoms with Gasteiger partial charge in [0.05, 0.1) is 0 Å². The molecular formula is C13H27NO2. The average Bonchev–Trinajstić information content (AvgIpc) is 2.23. The molecule has 0 bridgehead atoms. The zero-order valence-electron chi connectivity index (χ0n) is 10.8. The van der Waals surface area contributed by atoms with Crippen LogP contribution in [0, 0.1) is 0 Å². The van der Waals surface area contributed by atoms with Crippen molar-refractivity contribution in [1.29, 1.82) is 0 Å². The van der Waals surface area contributed by atoms with Gasteiger partial charge in [-0.15, -0.1) is 0 Å². The van der Waals surface area contributed by atoms with Crippen LogP contribution >= 0.6 is 0 Å². The monoisotopic (exact) mass is 229 g/mol. The van der Waals surface area contributed by atoms with Crippen LogP contribution in [0.2, 0.25) is 0 Å². The molecule has 96 valence electrons. The normalized spacial score (nSPS) is 14.7. The van der Waals surface area contributed by atoms with Gasteiger partial charge in [0, 0.05) is 0 Å². The maximum absolute atomic E-state index is 11.1. The maximum Gasteiger partial charge on any atom is 0.323 e. The van der Waals surface area contributed by atoms with Crippen molar-refractivity contribution in [3.63, 3.8) is 0 Å². The molecule has 0 heterocycles. The second-order valence-corrected chi connectivity index (χ2v) is 4.73. The fourth-order valence-electron chi connectivity index (χ4n) is 2.01. The summed E-state index contributed by atoms with van der Waals surface area (Å²) in [5.74, 6) is -0.845. The summed E-state index contributed by atoms with van der Waals surface area (Å²) in [7, 11) is 0. The summed E-state index contributed by atoms with van der Waals surface area (Å²) in [4.78, 5) is 11.1.